The van der Waals surface area contributed by atoms with Crippen LogP contribution in [0.25, 0.3) is 0 Å². The molecule has 0 saturated heterocycles. The van der Waals surface area contributed by atoms with E-state index < -0.39 is 5.97 Å². The van der Waals surface area contributed by atoms with Gasteiger partial charge in [-0.05, 0) is 58.7 Å². The highest BCUT2D eigenvalue weighted by Gasteiger charge is 2.10. The highest BCUT2D eigenvalue weighted by molar-refractivity contribution is 9.10. The number of carboxylic acid groups (broad SMARTS) is 1. The van der Waals surface area contributed by atoms with Crippen molar-refractivity contribution in [3.05, 3.63) is 57.6 Å². The molecule has 1 N–H and O–H groups in total. The summed E-state index contributed by atoms with van der Waals surface area (Å²) in [6.07, 6.45) is 0. The van der Waals surface area contributed by atoms with Crippen LogP contribution in [0.2, 0.25) is 0 Å². The number of aryl methyl sites for hydroxylation is 1. The minimum Gasteiger partial charge on any atom is -0.478 e. The van der Waals surface area contributed by atoms with Crippen LogP contribution >= 0.6 is 15.9 Å². The van der Waals surface area contributed by atoms with E-state index in [4.69, 9.17) is 15.1 Å². The van der Waals surface area contributed by atoms with E-state index >= 15 is 0 Å². The second kappa shape index (κ2) is 5.76. The SMILES string of the molecule is Cc1ccc(C(=O)O)cc1Oc1ccc(C#N)cc1Br. The van der Waals surface area contributed by atoms with Crippen molar-refractivity contribution in [2.24, 2.45) is 0 Å². The summed E-state index contributed by atoms with van der Waals surface area (Å²) in [5.41, 5.74) is 1.50. The van der Waals surface area contributed by atoms with E-state index in [-0.39, 0.29) is 5.56 Å². The van der Waals surface area contributed by atoms with Crippen molar-refractivity contribution in [2.45, 2.75) is 6.92 Å². The first-order valence-corrected chi connectivity index (χ1v) is 6.52. The van der Waals surface area contributed by atoms with Crippen molar-refractivity contribution in [3.63, 3.8) is 0 Å². The van der Waals surface area contributed by atoms with Crippen LogP contribution in [-0.2, 0) is 0 Å². The van der Waals surface area contributed by atoms with E-state index in [9.17, 15) is 4.79 Å². The number of carbonyl (C=O) groups is 1. The second-order valence-electron chi connectivity index (χ2n) is 4.14. The average molecular weight is 332 g/mol. The quantitative estimate of drug-likeness (QED) is 0.918. The minimum absolute atomic E-state index is 0.162. The van der Waals surface area contributed by atoms with Crippen LogP contribution in [0.4, 0.5) is 0 Å². The van der Waals surface area contributed by atoms with Crippen molar-refractivity contribution in [3.8, 4) is 17.6 Å². The van der Waals surface area contributed by atoms with Crippen LogP contribution < -0.4 is 4.74 Å². The summed E-state index contributed by atoms with van der Waals surface area (Å²) in [6, 6.07) is 11.7. The molecule has 100 valence electrons. The lowest BCUT2D eigenvalue weighted by molar-refractivity contribution is 0.0696. The molecule has 0 aliphatic heterocycles. The normalized spacial score (nSPS) is 9.85. The smallest absolute Gasteiger partial charge is 0.335 e. The molecule has 2 aromatic rings. The summed E-state index contributed by atoms with van der Waals surface area (Å²) in [5, 5.41) is 17.8. The van der Waals surface area contributed by atoms with E-state index in [1.54, 1.807) is 24.3 Å². The van der Waals surface area contributed by atoms with Gasteiger partial charge in [-0.15, -0.1) is 0 Å². The number of nitrogens with zero attached hydrogens (tertiary/aromatic N) is 1. The van der Waals surface area contributed by atoms with Gasteiger partial charge in [0.05, 0.1) is 21.7 Å². The molecule has 2 aromatic carbocycles. The Morgan fingerprint density at radius 1 is 1.25 bits per heavy atom. The molecular formula is C15H10BrNO3. The predicted octanol–water partition coefficient (Wildman–Crippen LogP) is 4.12. The third kappa shape index (κ3) is 2.98. The molecule has 0 radical (unpaired) electrons. The standard InChI is InChI=1S/C15H10BrNO3/c1-9-2-4-11(15(18)19)7-14(9)20-13-5-3-10(8-17)6-12(13)16/h2-7H,1H3,(H,18,19). The molecule has 5 heteroatoms. The van der Waals surface area contributed by atoms with E-state index in [1.807, 2.05) is 13.0 Å². The highest BCUT2D eigenvalue weighted by Crippen LogP contribution is 2.32. The Labute approximate surface area is 124 Å². The number of hydrogen-bond acceptors (Lipinski definition) is 3. The Morgan fingerprint density at radius 2 is 2.00 bits per heavy atom. The lowest BCUT2D eigenvalue weighted by Gasteiger charge is -2.11. The van der Waals surface area contributed by atoms with Crippen molar-refractivity contribution in [1.82, 2.24) is 0 Å². The zero-order valence-corrected chi connectivity index (χ0v) is 12.1. The maximum absolute atomic E-state index is 11.0. The number of carboxylic acids is 1. The Bertz CT molecular complexity index is 720. The first-order chi connectivity index (χ1) is 9.51. The molecule has 0 amide bonds. The van der Waals surface area contributed by atoms with Gasteiger partial charge in [-0.3, -0.25) is 0 Å². The van der Waals surface area contributed by atoms with Crippen molar-refractivity contribution >= 4 is 21.9 Å². The Morgan fingerprint density at radius 3 is 2.60 bits per heavy atom. The molecule has 2 rings (SSSR count). The van der Waals surface area contributed by atoms with Gasteiger partial charge >= 0.3 is 5.97 Å². The fourth-order valence-corrected chi connectivity index (χ4v) is 2.07. The number of hydrogen-bond donors (Lipinski definition) is 1. The van der Waals surface area contributed by atoms with E-state index in [0.29, 0.717) is 21.5 Å². The molecular weight excluding hydrogens is 322 g/mol. The van der Waals surface area contributed by atoms with Gasteiger partial charge in [0.15, 0.2) is 0 Å². The number of halogens is 1. The Hall–Kier alpha value is -2.32. The molecule has 0 aromatic heterocycles. The first kappa shape index (κ1) is 14.1. The molecule has 4 nitrogen and oxygen atoms in total. The first-order valence-electron chi connectivity index (χ1n) is 5.72. The van der Waals surface area contributed by atoms with Crippen LogP contribution in [0.5, 0.6) is 11.5 Å². The van der Waals surface area contributed by atoms with E-state index in [2.05, 4.69) is 15.9 Å². The summed E-state index contributed by atoms with van der Waals surface area (Å²) in [5.74, 6) is -0.0151. The van der Waals surface area contributed by atoms with Crippen LogP contribution in [0.1, 0.15) is 21.5 Å². The van der Waals surface area contributed by atoms with E-state index in [1.165, 1.54) is 12.1 Å². The number of aromatic carboxylic acids is 1. The molecule has 20 heavy (non-hydrogen) atoms. The minimum atomic E-state index is -1.01. The number of benzene rings is 2. The molecule has 0 fully saturated rings. The molecule has 0 aliphatic carbocycles. The summed E-state index contributed by atoms with van der Waals surface area (Å²) >= 11 is 3.33. The van der Waals surface area contributed by atoms with Gasteiger partial charge in [0.1, 0.15) is 11.5 Å². The highest BCUT2D eigenvalue weighted by atomic mass is 79.9. The number of ether oxygens (including phenoxy) is 1. The van der Waals surface area contributed by atoms with Crippen LogP contribution in [-0.4, -0.2) is 11.1 Å². The molecule has 0 unspecified atom stereocenters. The summed E-state index contributed by atoms with van der Waals surface area (Å²) in [6.45, 7) is 1.83. The third-order valence-corrected chi connectivity index (χ3v) is 3.34. The van der Waals surface area contributed by atoms with Gasteiger partial charge in [-0.25, -0.2) is 4.79 Å². The second-order valence-corrected chi connectivity index (χ2v) is 5.00. The maximum Gasteiger partial charge on any atom is 0.335 e. The van der Waals surface area contributed by atoms with Gasteiger partial charge in [-0.1, -0.05) is 6.07 Å². The monoisotopic (exact) mass is 331 g/mol. The van der Waals surface area contributed by atoms with Crippen LogP contribution in [0.15, 0.2) is 40.9 Å². The summed E-state index contributed by atoms with van der Waals surface area (Å²) in [7, 11) is 0. The third-order valence-electron chi connectivity index (χ3n) is 2.72. The fourth-order valence-electron chi connectivity index (χ4n) is 1.61. The van der Waals surface area contributed by atoms with Crippen molar-refractivity contribution < 1.29 is 14.6 Å². The summed E-state index contributed by atoms with van der Waals surface area (Å²) < 4.78 is 6.35. The molecule has 0 saturated carbocycles. The van der Waals surface area contributed by atoms with Gasteiger partial charge in [-0.2, -0.15) is 5.26 Å². The lowest BCUT2D eigenvalue weighted by atomic mass is 10.1. The zero-order valence-electron chi connectivity index (χ0n) is 10.6. The van der Waals surface area contributed by atoms with Gasteiger partial charge < -0.3 is 9.84 Å². The molecule has 0 spiro atoms. The van der Waals surface area contributed by atoms with Gasteiger partial charge in [0.2, 0.25) is 0 Å². The van der Waals surface area contributed by atoms with Crippen LogP contribution in [0.3, 0.4) is 0 Å². The van der Waals surface area contributed by atoms with Crippen LogP contribution in [0, 0.1) is 18.3 Å². The van der Waals surface area contributed by atoms with Crippen molar-refractivity contribution in [2.75, 3.05) is 0 Å². The molecule has 0 atom stereocenters. The number of nitriles is 1. The zero-order chi connectivity index (χ0) is 14.7. The largest absolute Gasteiger partial charge is 0.478 e. The van der Waals surface area contributed by atoms with Gasteiger partial charge in [0.25, 0.3) is 0 Å². The number of rotatable bonds is 3. The lowest BCUT2D eigenvalue weighted by Crippen LogP contribution is -1.98. The van der Waals surface area contributed by atoms with Gasteiger partial charge in [0, 0.05) is 0 Å². The molecule has 0 aliphatic rings. The maximum atomic E-state index is 11.0. The molecule has 0 bridgehead atoms. The fraction of sp³-hybridized carbons (Fsp3) is 0.0667. The van der Waals surface area contributed by atoms with E-state index in [0.717, 1.165) is 5.56 Å². The Balaban J connectivity index is 2.37. The topological polar surface area (TPSA) is 70.3 Å². The molecule has 0 heterocycles. The summed E-state index contributed by atoms with van der Waals surface area (Å²) in [4.78, 5) is 11.0. The Kier molecular flexibility index (Phi) is 4.06. The average Bonchev–Trinajstić information content (AvgIpc) is 2.42. The van der Waals surface area contributed by atoms with Crippen molar-refractivity contribution in [1.29, 1.82) is 5.26 Å². The predicted molar refractivity (Wildman–Crippen MR) is 77.1 cm³/mol.